The van der Waals surface area contributed by atoms with Crippen molar-refractivity contribution >= 4 is 5.84 Å². The van der Waals surface area contributed by atoms with Gasteiger partial charge in [0.15, 0.2) is 0 Å². The Kier molecular flexibility index (Phi) is 1.56. The quantitative estimate of drug-likeness (QED) is 0.474. The highest BCUT2D eigenvalue weighted by atomic mass is 15.2. The lowest BCUT2D eigenvalue weighted by atomic mass is 10.2. The topological polar surface area (TPSA) is 15.6 Å². The summed E-state index contributed by atoms with van der Waals surface area (Å²) in [5.41, 5.74) is 0. The van der Waals surface area contributed by atoms with Crippen molar-refractivity contribution in [3.8, 4) is 0 Å². The molecule has 0 aromatic carbocycles. The van der Waals surface area contributed by atoms with Crippen LogP contribution >= 0.6 is 0 Å². The second-order valence-corrected chi connectivity index (χ2v) is 2.37. The van der Waals surface area contributed by atoms with Crippen LogP contribution in [0.15, 0.2) is 17.3 Å². The standard InChI is InChI=1S/C7H12N2/c1-6-4-5-8-7(2)9(6)3/h4-6H,1-3H3. The molecule has 1 atom stereocenters. The number of hydrogen-bond donors (Lipinski definition) is 0. The largest absolute Gasteiger partial charge is 0.357 e. The molecule has 0 fully saturated rings. The molecule has 0 bridgehead atoms. The van der Waals surface area contributed by atoms with Gasteiger partial charge in [-0.2, -0.15) is 0 Å². The van der Waals surface area contributed by atoms with Crippen molar-refractivity contribution < 1.29 is 0 Å². The van der Waals surface area contributed by atoms with Crippen molar-refractivity contribution in [3.63, 3.8) is 0 Å². The van der Waals surface area contributed by atoms with Crippen LogP contribution in [0.4, 0.5) is 0 Å². The summed E-state index contributed by atoms with van der Waals surface area (Å²) in [6.07, 6.45) is 3.94. The van der Waals surface area contributed by atoms with Gasteiger partial charge in [-0.3, -0.25) is 0 Å². The minimum Gasteiger partial charge on any atom is -0.357 e. The van der Waals surface area contributed by atoms with Crippen LogP contribution in [0, 0.1) is 0 Å². The minimum absolute atomic E-state index is 0.502. The average molecular weight is 124 g/mol. The molecule has 0 amide bonds. The first-order valence-electron chi connectivity index (χ1n) is 3.15. The first-order valence-corrected chi connectivity index (χ1v) is 3.15. The monoisotopic (exact) mass is 124 g/mol. The van der Waals surface area contributed by atoms with E-state index in [2.05, 4.69) is 22.9 Å². The number of aliphatic imine (C=N–C) groups is 1. The Morgan fingerprint density at radius 1 is 1.67 bits per heavy atom. The Balaban J connectivity index is 2.73. The van der Waals surface area contributed by atoms with Crippen LogP contribution in [-0.2, 0) is 0 Å². The molecule has 0 radical (unpaired) electrons. The predicted octanol–water partition coefficient (Wildman–Crippen LogP) is 1.25. The predicted molar refractivity (Wildman–Crippen MR) is 39.5 cm³/mol. The average Bonchev–Trinajstić information content (AvgIpc) is 1.83. The number of likely N-dealkylation sites (N-methyl/N-ethyl adjacent to an activating group) is 1. The highest BCUT2D eigenvalue weighted by molar-refractivity contribution is 5.81. The SMILES string of the molecule is CC1=NC=CC(C)N1C. The van der Waals surface area contributed by atoms with E-state index in [0.29, 0.717) is 6.04 Å². The molecule has 1 unspecified atom stereocenters. The zero-order valence-corrected chi connectivity index (χ0v) is 6.13. The number of hydrogen-bond acceptors (Lipinski definition) is 2. The normalized spacial score (nSPS) is 26.3. The zero-order valence-electron chi connectivity index (χ0n) is 6.13. The fourth-order valence-corrected chi connectivity index (χ4v) is 0.790. The van der Waals surface area contributed by atoms with Crippen LogP contribution in [0.3, 0.4) is 0 Å². The molecule has 0 spiro atoms. The summed E-state index contributed by atoms with van der Waals surface area (Å²) in [7, 11) is 2.05. The van der Waals surface area contributed by atoms with Crippen LogP contribution in [0.1, 0.15) is 13.8 Å². The van der Waals surface area contributed by atoms with Gasteiger partial charge < -0.3 is 4.90 Å². The first kappa shape index (κ1) is 6.33. The van der Waals surface area contributed by atoms with E-state index >= 15 is 0 Å². The van der Waals surface area contributed by atoms with Crippen LogP contribution < -0.4 is 0 Å². The third-order valence-corrected chi connectivity index (χ3v) is 1.75. The van der Waals surface area contributed by atoms with Gasteiger partial charge in [-0.05, 0) is 19.9 Å². The Hall–Kier alpha value is -0.790. The molecule has 1 rings (SSSR count). The van der Waals surface area contributed by atoms with Gasteiger partial charge in [-0.1, -0.05) is 0 Å². The maximum Gasteiger partial charge on any atom is 0.101 e. The maximum absolute atomic E-state index is 4.12. The lowest BCUT2D eigenvalue weighted by Gasteiger charge is -2.25. The number of amidine groups is 1. The highest BCUT2D eigenvalue weighted by Gasteiger charge is 2.08. The fourth-order valence-electron chi connectivity index (χ4n) is 0.790. The molecule has 1 aliphatic rings. The molecule has 0 aliphatic carbocycles. The van der Waals surface area contributed by atoms with Crippen LogP contribution in [-0.4, -0.2) is 23.8 Å². The van der Waals surface area contributed by atoms with Gasteiger partial charge >= 0.3 is 0 Å². The molecule has 1 heterocycles. The fraction of sp³-hybridized carbons (Fsp3) is 0.571. The summed E-state index contributed by atoms with van der Waals surface area (Å²) in [5, 5.41) is 0. The van der Waals surface area contributed by atoms with E-state index in [1.165, 1.54) is 0 Å². The Bertz CT molecular complexity index is 158. The molecule has 50 valence electrons. The van der Waals surface area contributed by atoms with Gasteiger partial charge in [-0.15, -0.1) is 0 Å². The van der Waals surface area contributed by atoms with E-state index in [-0.39, 0.29) is 0 Å². The summed E-state index contributed by atoms with van der Waals surface area (Å²) in [4.78, 5) is 6.26. The van der Waals surface area contributed by atoms with Crippen molar-refractivity contribution in [1.82, 2.24) is 4.90 Å². The van der Waals surface area contributed by atoms with E-state index in [1.807, 2.05) is 20.2 Å². The first-order chi connectivity index (χ1) is 4.22. The molecule has 0 aromatic rings. The highest BCUT2D eigenvalue weighted by Crippen LogP contribution is 2.04. The van der Waals surface area contributed by atoms with Crippen molar-refractivity contribution in [2.24, 2.45) is 4.99 Å². The molecular weight excluding hydrogens is 112 g/mol. The minimum atomic E-state index is 0.502. The zero-order chi connectivity index (χ0) is 6.85. The van der Waals surface area contributed by atoms with Crippen molar-refractivity contribution in [1.29, 1.82) is 0 Å². The summed E-state index contributed by atoms with van der Waals surface area (Å²) < 4.78 is 0. The lowest BCUT2D eigenvalue weighted by Crippen LogP contribution is -2.33. The molecule has 0 N–H and O–H groups in total. The van der Waals surface area contributed by atoms with Crippen LogP contribution in [0.2, 0.25) is 0 Å². The number of nitrogens with zero attached hydrogens (tertiary/aromatic N) is 2. The maximum atomic E-state index is 4.12. The summed E-state index contributed by atoms with van der Waals surface area (Å²) >= 11 is 0. The second kappa shape index (κ2) is 2.21. The van der Waals surface area contributed by atoms with Crippen molar-refractivity contribution in [3.05, 3.63) is 12.3 Å². The summed E-state index contributed by atoms with van der Waals surface area (Å²) in [6, 6.07) is 0.502. The Morgan fingerprint density at radius 3 is 2.78 bits per heavy atom. The molecular formula is C7H12N2. The molecule has 0 saturated carbocycles. The third-order valence-electron chi connectivity index (χ3n) is 1.75. The van der Waals surface area contributed by atoms with E-state index < -0.39 is 0 Å². The van der Waals surface area contributed by atoms with Gasteiger partial charge in [0.1, 0.15) is 5.84 Å². The molecule has 2 nitrogen and oxygen atoms in total. The van der Waals surface area contributed by atoms with E-state index in [9.17, 15) is 0 Å². The smallest absolute Gasteiger partial charge is 0.101 e. The van der Waals surface area contributed by atoms with Gasteiger partial charge in [0.25, 0.3) is 0 Å². The van der Waals surface area contributed by atoms with Crippen molar-refractivity contribution in [2.45, 2.75) is 19.9 Å². The molecule has 2 heteroatoms. The van der Waals surface area contributed by atoms with Gasteiger partial charge in [0.2, 0.25) is 0 Å². The lowest BCUT2D eigenvalue weighted by molar-refractivity contribution is 0.443. The van der Waals surface area contributed by atoms with Crippen LogP contribution in [0.25, 0.3) is 0 Å². The van der Waals surface area contributed by atoms with E-state index in [0.717, 1.165) is 5.84 Å². The van der Waals surface area contributed by atoms with E-state index in [1.54, 1.807) is 0 Å². The third kappa shape index (κ3) is 1.12. The molecule has 1 aliphatic heterocycles. The van der Waals surface area contributed by atoms with Crippen molar-refractivity contribution in [2.75, 3.05) is 7.05 Å². The second-order valence-electron chi connectivity index (χ2n) is 2.37. The van der Waals surface area contributed by atoms with E-state index in [4.69, 9.17) is 0 Å². The Morgan fingerprint density at radius 2 is 2.33 bits per heavy atom. The van der Waals surface area contributed by atoms with Gasteiger partial charge in [-0.25, -0.2) is 4.99 Å². The van der Waals surface area contributed by atoms with Gasteiger partial charge in [0, 0.05) is 19.3 Å². The summed E-state index contributed by atoms with van der Waals surface area (Å²) in [6.45, 7) is 4.16. The Labute approximate surface area is 55.9 Å². The van der Waals surface area contributed by atoms with Gasteiger partial charge in [0.05, 0.1) is 0 Å². The molecule has 0 saturated heterocycles. The summed E-state index contributed by atoms with van der Waals surface area (Å²) in [5.74, 6) is 1.09. The molecule has 9 heavy (non-hydrogen) atoms. The number of rotatable bonds is 0. The molecule has 0 aromatic heterocycles. The van der Waals surface area contributed by atoms with Crippen LogP contribution in [0.5, 0.6) is 0 Å².